The number of thiazole rings is 1. The molecule has 1 atom stereocenters. The molecule has 0 spiro atoms. The number of aryl methyl sites for hydroxylation is 2. The molecule has 1 aromatic heterocycles. The summed E-state index contributed by atoms with van der Waals surface area (Å²) in [5.74, 6) is -0.619. The zero-order valence-electron chi connectivity index (χ0n) is 11.3. The Labute approximate surface area is 117 Å². The molecular weight excluding hydrogens is 264 g/mol. The van der Waals surface area contributed by atoms with E-state index in [0.717, 1.165) is 28.4 Å². The average Bonchev–Trinajstić information content (AvgIpc) is 2.69. The van der Waals surface area contributed by atoms with Crippen molar-refractivity contribution in [2.45, 2.75) is 39.3 Å². The number of aromatic nitrogens is 1. The molecule has 5 nitrogen and oxygen atoms in total. The van der Waals surface area contributed by atoms with Gasteiger partial charge in [-0.05, 0) is 32.6 Å². The van der Waals surface area contributed by atoms with Crippen molar-refractivity contribution in [3.63, 3.8) is 0 Å². The molecule has 0 radical (unpaired) electrons. The van der Waals surface area contributed by atoms with E-state index in [2.05, 4.69) is 10.3 Å². The molecule has 0 bridgehead atoms. The van der Waals surface area contributed by atoms with Gasteiger partial charge in [-0.3, -0.25) is 10.1 Å². The first-order valence-corrected chi connectivity index (χ1v) is 7.36. The van der Waals surface area contributed by atoms with Crippen LogP contribution in [0.2, 0.25) is 0 Å². The molecular formula is C13H20N2O3S. The first-order chi connectivity index (χ1) is 9.08. The zero-order valence-corrected chi connectivity index (χ0v) is 12.1. The molecule has 2 heterocycles. The number of carboxylic acid groups (broad SMARTS) is 1. The number of hydrogen-bond donors (Lipinski definition) is 2. The van der Waals surface area contributed by atoms with Gasteiger partial charge >= 0.3 is 5.97 Å². The average molecular weight is 284 g/mol. The molecule has 106 valence electrons. The summed E-state index contributed by atoms with van der Waals surface area (Å²) >= 11 is 1.62. The van der Waals surface area contributed by atoms with Gasteiger partial charge in [0.15, 0.2) is 0 Å². The lowest BCUT2D eigenvalue weighted by Gasteiger charge is -2.28. The Balaban J connectivity index is 1.97. The second-order valence-corrected chi connectivity index (χ2v) is 6.18. The Kier molecular flexibility index (Phi) is 4.90. The highest BCUT2D eigenvalue weighted by molar-refractivity contribution is 7.11. The van der Waals surface area contributed by atoms with Gasteiger partial charge in [-0.15, -0.1) is 11.3 Å². The van der Waals surface area contributed by atoms with E-state index >= 15 is 0 Å². The second-order valence-electron chi connectivity index (χ2n) is 4.89. The van der Waals surface area contributed by atoms with Crippen molar-refractivity contribution in [2.24, 2.45) is 5.92 Å². The van der Waals surface area contributed by atoms with Crippen LogP contribution >= 0.6 is 11.3 Å². The van der Waals surface area contributed by atoms with E-state index in [1.54, 1.807) is 11.3 Å². The van der Waals surface area contributed by atoms with Gasteiger partial charge in [0.1, 0.15) is 6.04 Å². The van der Waals surface area contributed by atoms with Crippen LogP contribution in [0.15, 0.2) is 0 Å². The minimum atomic E-state index is -0.772. The fourth-order valence-electron chi connectivity index (χ4n) is 2.44. The first kappa shape index (κ1) is 14.4. The van der Waals surface area contributed by atoms with Gasteiger partial charge in [0.2, 0.25) is 0 Å². The topological polar surface area (TPSA) is 71.5 Å². The number of nitrogens with zero attached hydrogens (tertiary/aromatic N) is 1. The summed E-state index contributed by atoms with van der Waals surface area (Å²) in [6, 6.07) is -0.495. The van der Waals surface area contributed by atoms with Gasteiger partial charge < -0.3 is 9.84 Å². The molecule has 1 fully saturated rings. The lowest BCUT2D eigenvalue weighted by atomic mass is 9.92. The maximum atomic E-state index is 11.4. The van der Waals surface area contributed by atoms with Crippen molar-refractivity contribution >= 4 is 17.3 Å². The summed E-state index contributed by atoms with van der Waals surface area (Å²) < 4.78 is 5.29. The van der Waals surface area contributed by atoms with Crippen LogP contribution in [-0.4, -0.2) is 35.3 Å². The summed E-state index contributed by atoms with van der Waals surface area (Å²) in [4.78, 5) is 16.9. The third kappa shape index (κ3) is 3.75. The molecule has 0 saturated carbocycles. The molecule has 0 aliphatic carbocycles. The number of carbonyl (C=O) groups is 1. The summed E-state index contributed by atoms with van der Waals surface area (Å²) in [6.07, 6.45) is 1.62. The molecule has 0 amide bonds. The molecule has 2 rings (SSSR count). The zero-order chi connectivity index (χ0) is 13.8. The minimum Gasteiger partial charge on any atom is -0.480 e. The van der Waals surface area contributed by atoms with Gasteiger partial charge in [-0.1, -0.05) is 0 Å². The Morgan fingerprint density at radius 1 is 1.53 bits per heavy atom. The molecule has 1 aromatic rings. The normalized spacial score (nSPS) is 18.4. The van der Waals surface area contributed by atoms with Crippen LogP contribution < -0.4 is 5.32 Å². The van der Waals surface area contributed by atoms with Gasteiger partial charge in [-0.2, -0.15) is 0 Å². The van der Waals surface area contributed by atoms with Gasteiger partial charge in [0.25, 0.3) is 0 Å². The van der Waals surface area contributed by atoms with E-state index < -0.39 is 12.0 Å². The Hall–Kier alpha value is -0.980. The van der Waals surface area contributed by atoms with Gasteiger partial charge in [0.05, 0.1) is 10.7 Å². The molecule has 1 aliphatic heterocycles. The van der Waals surface area contributed by atoms with Crippen LogP contribution in [-0.2, 0) is 16.1 Å². The highest BCUT2D eigenvalue weighted by atomic mass is 32.1. The van der Waals surface area contributed by atoms with Crippen molar-refractivity contribution < 1.29 is 14.6 Å². The van der Waals surface area contributed by atoms with Crippen LogP contribution in [0.3, 0.4) is 0 Å². The van der Waals surface area contributed by atoms with Gasteiger partial charge in [0, 0.05) is 24.6 Å². The number of nitrogens with one attached hydrogen (secondary N) is 1. The quantitative estimate of drug-likeness (QED) is 0.861. The Bertz CT molecular complexity index is 441. The third-order valence-electron chi connectivity index (χ3n) is 3.49. The fourth-order valence-corrected chi connectivity index (χ4v) is 3.33. The maximum absolute atomic E-state index is 11.4. The van der Waals surface area contributed by atoms with E-state index in [1.807, 2.05) is 13.8 Å². The summed E-state index contributed by atoms with van der Waals surface area (Å²) in [6.45, 7) is 5.83. The highest BCUT2D eigenvalue weighted by Crippen LogP contribution is 2.21. The molecule has 6 heteroatoms. The van der Waals surface area contributed by atoms with Crippen LogP contribution in [0, 0.1) is 19.8 Å². The molecule has 19 heavy (non-hydrogen) atoms. The predicted molar refractivity (Wildman–Crippen MR) is 73.4 cm³/mol. The number of carboxylic acids is 1. The SMILES string of the molecule is Cc1nc(C)c(CN[C@H](C(=O)O)C2CCOCC2)s1. The third-order valence-corrected chi connectivity index (χ3v) is 4.56. The van der Waals surface area contributed by atoms with Crippen molar-refractivity contribution in [3.8, 4) is 0 Å². The molecule has 2 N–H and O–H groups in total. The number of hydrogen-bond acceptors (Lipinski definition) is 5. The summed E-state index contributed by atoms with van der Waals surface area (Å²) in [5.41, 5.74) is 0.992. The lowest BCUT2D eigenvalue weighted by molar-refractivity contribution is -0.142. The largest absolute Gasteiger partial charge is 0.480 e. The van der Waals surface area contributed by atoms with Crippen molar-refractivity contribution in [2.75, 3.05) is 13.2 Å². The van der Waals surface area contributed by atoms with Crippen LogP contribution in [0.1, 0.15) is 28.4 Å². The monoisotopic (exact) mass is 284 g/mol. The smallest absolute Gasteiger partial charge is 0.320 e. The van der Waals surface area contributed by atoms with Crippen molar-refractivity contribution in [1.29, 1.82) is 0 Å². The van der Waals surface area contributed by atoms with E-state index in [9.17, 15) is 9.90 Å². The molecule has 0 aromatic carbocycles. The Morgan fingerprint density at radius 2 is 2.21 bits per heavy atom. The molecule has 1 aliphatic rings. The number of rotatable bonds is 5. The van der Waals surface area contributed by atoms with E-state index in [-0.39, 0.29) is 5.92 Å². The molecule has 0 unspecified atom stereocenters. The van der Waals surface area contributed by atoms with E-state index in [0.29, 0.717) is 19.8 Å². The van der Waals surface area contributed by atoms with E-state index in [4.69, 9.17) is 4.74 Å². The van der Waals surface area contributed by atoms with Crippen LogP contribution in [0.25, 0.3) is 0 Å². The second kappa shape index (κ2) is 6.45. The van der Waals surface area contributed by atoms with E-state index in [1.165, 1.54) is 0 Å². The fraction of sp³-hybridized carbons (Fsp3) is 0.692. The van der Waals surface area contributed by atoms with Gasteiger partial charge in [-0.25, -0.2) is 4.98 Å². The first-order valence-electron chi connectivity index (χ1n) is 6.54. The number of ether oxygens (including phenoxy) is 1. The number of aliphatic carboxylic acids is 1. The van der Waals surface area contributed by atoms with Crippen LogP contribution in [0.4, 0.5) is 0 Å². The maximum Gasteiger partial charge on any atom is 0.320 e. The highest BCUT2D eigenvalue weighted by Gasteiger charge is 2.29. The standard InChI is InChI=1S/C13H20N2O3S/c1-8-11(19-9(2)15-8)7-14-12(13(16)17)10-3-5-18-6-4-10/h10,12,14H,3-7H2,1-2H3,(H,16,17)/t12-/m0/s1. The molecule has 1 saturated heterocycles. The van der Waals surface area contributed by atoms with Crippen molar-refractivity contribution in [1.82, 2.24) is 10.3 Å². The summed E-state index contributed by atoms with van der Waals surface area (Å²) in [7, 11) is 0. The predicted octanol–water partition coefficient (Wildman–Crippen LogP) is 1.73. The van der Waals surface area contributed by atoms with Crippen LogP contribution in [0.5, 0.6) is 0 Å². The van der Waals surface area contributed by atoms with Crippen molar-refractivity contribution in [3.05, 3.63) is 15.6 Å². The lowest BCUT2D eigenvalue weighted by Crippen LogP contribution is -2.44. The summed E-state index contributed by atoms with van der Waals surface area (Å²) in [5, 5.41) is 13.6. The Morgan fingerprint density at radius 3 is 2.74 bits per heavy atom. The minimum absolute atomic E-state index is 0.153.